The SMILES string of the molecule is Cc1c(C2=NC(C)(C)Nc3ccccc32)cnc2c(F)cccc12. The van der Waals surface area contributed by atoms with Gasteiger partial charge < -0.3 is 5.32 Å². The molecule has 0 saturated carbocycles. The smallest absolute Gasteiger partial charge is 0.149 e. The number of rotatable bonds is 1. The molecule has 1 aliphatic heterocycles. The maximum Gasteiger partial charge on any atom is 0.149 e. The minimum Gasteiger partial charge on any atom is -0.361 e. The molecule has 0 amide bonds. The average Bonchev–Trinajstić information content (AvgIpc) is 2.54. The number of hydrogen-bond acceptors (Lipinski definition) is 3. The molecule has 3 nitrogen and oxygen atoms in total. The van der Waals surface area contributed by atoms with Crippen molar-refractivity contribution < 1.29 is 4.39 Å². The highest BCUT2D eigenvalue weighted by Gasteiger charge is 2.27. The van der Waals surface area contributed by atoms with Crippen LogP contribution < -0.4 is 5.32 Å². The summed E-state index contributed by atoms with van der Waals surface area (Å²) in [7, 11) is 0. The second-order valence-corrected chi connectivity index (χ2v) is 6.62. The number of fused-ring (bicyclic) bond motifs is 2. The van der Waals surface area contributed by atoms with Crippen molar-refractivity contribution in [2.75, 3.05) is 5.32 Å². The topological polar surface area (TPSA) is 37.3 Å². The summed E-state index contributed by atoms with van der Waals surface area (Å²) < 4.78 is 14.0. The standard InChI is InChI=1S/C20H18FN3/c1-12-13-8-6-9-16(21)19(13)22-11-15(12)18-14-7-4-5-10-17(14)23-20(2,3)24-18/h4-11,23H,1-3H3. The third-order valence-electron chi connectivity index (χ3n) is 4.39. The van der Waals surface area contributed by atoms with Crippen LogP contribution in [0.15, 0.2) is 53.7 Å². The highest BCUT2D eigenvalue weighted by Crippen LogP contribution is 2.32. The van der Waals surface area contributed by atoms with E-state index in [1.54, 1.807) is 12.3 Å². The highest BCUT2D eigenvalue weighted by atomic mass is 19.1. The van der Waals surface area contributed by atoms with Crippen molar-refractivity contribution >= 4 is 22.3 Å². The van der Waals surface area contributed by atoms with Crippen molar-refractivity contribution in [1.82, 2.24) is 4.98 Å². The molecule has 0 atom stereocenters. The van der Waals surface area contributed by atoms with E-state index in [0.29, 0.717) is 5.52 Å². The predicted molar refractivity (Wildman–Crippen MR) is 96.2 cm³/mol. The monoisotopic (exact) mass is 319 g/mol. The molecule has 0 fully saturated rings. The maximum absolute atomic E-state index is 14.0. The average molecular weight is 319 g/mol. The Kier molecular flexibility index (Phi) is 3.17. The van der Waals surface area contributed by atoms with Gasteiger partial charge in [-0.3, -0.25) is 9.98 Å². The Morgan fingerprint density at radius 2 is 1.79 bits per heavy atom. The predicted octanol–water partition coefficient (Wildman–Crippen LogP) is 4.68. The number of hydrogen-bond donors (Lipinski definition) is 1. The van der Waals surface area contributed by atoms with E-state index in [1.807, 2.05) is 45.0 Å². The van der Waals surface area contributed by atoms with Crippen LogP contribution in [0.1, 0.15) is 30.5 Å². The first-order valence-corrected chi connectivity index (χ1v) is 7.98. The van der Waals surface area contributed by atoms with E-state index >= 15 is 0 Å². The second-order valence-electron chi connectivity index (χ2n) is 6.62. The lowest BCUT2D eigenvalue weighted by atomic mass is 9.93. The largest absolute Gasteiger partial charge is 0.361 e. The van der Waals surface area contributed by atoms with Crippen molar-refractivity contribution in [2.45, 2.75) is 26.4 Å². The van der Waals surface area contributed by atoms with Gasteiger partial charge >= 0.3 is 0 Å². The van der Waals surface area contributed by atoms with Crippen molar-refractivity contribution in [1.29, 1.82) is 0 Å². The van der Waals surface area contributed by atoms with Crippen LogP contribution in [-0.4, -0.2) is 16.4 Å². The van der Waals surface area contributed by atoms with Gasteiger partial charge in [-0.15, -0.1) is 0 Å². The fourth-order valence-electron chi connectivity index (χ4n) is 3.26. The molecule has 24 heavy (non-hydrogen) atoms. The molecule has 4 heteroatoms. The number of para-hydroxylation sites is 2. The van der Waals surface area contributed by atoms with Crippen LogP contribution in [0.2, 0.25) is 0 Å². The van der Waals surface area contributed by atoms with E-state index in [0.717, 1.165) is 33.5 Å². The number of benzene rings is 2. The van der Waals surface area contributed by atoms with Crippen LogP contribution in [0.5, 0.6) is 0 Å². The van der Waals surface area contributed by atoms with Gasteiger partial charge in [-0.25, -0.2) is 4.39 Å². The zero-order chi connectivity index (χ0) is 16.9. The van der Waals surface area contributed by atoms with E-state index in [-0.39, 0.29) is 5.82 Å². The van der Waals surface area contributed by atoms with E-state index in [9.17, 15) is 4.39 Å². The lowest BCUT2D eigenvalue weighted by Gasteiger charge is -2.31. The molecule has 1 N–H and O–H groups in total. The molecule has 0 radical (unpaired) electrons. The summed E-state index contributed by atoms with van der Waals surface area (Å²) in [6.45, 7) is 6.07. The van der Waals surface area contributed by atoms with Gasteiger partial charge in [0.05, 0.1) is 5.71 Å². The lowest BCUT2D eigenvalue weighted by Crippen LogP contribution is -2.35. The van der Waals surface area contributed by atoms with Crippen LogP contribution in [-0.2, 0) is 0 Å². The Morgan fingerprint density at radius 1 is 1.00 bits per heavy atom. The van der Waals surface area contributed by atoms with Gasteiger partial charge in [0.15, 0.2) is 0 Å². The number of nitrogens with one attached hydrogen (secondary N) is 1. The molecule has 4 rings (SSSR count). The minimum atomic E-state index is -0.410. The van der Waals surface area contributed by atoms with Crippen LogP contribution in [0, 0.1) is 12.7 Å². The van der Waals surface area contributed by atoms with Crippen LogP contribution in [0.25, 0.3) is 10.9 Å². The molecule has 3 aromatic rings. The van der Waals surface area contributed by atoms with Crippen molar-refractivity contribution in [3.05, 3.63) is 71.2 Å². The maximum atomic E-state index is 14.0. The minimum absolute atomic E-state index is 0.296. The fourth-order valence-corrected chi connectivity index (χ4v) is 3.26. The second kappa shape index (κ2) is 5.13. The molecular formula is C20H18FN3. The number of nitrogens with zero attached hydrogens (tertiary/aromatic N) is 2. The third kappa shape index (κ3) is 2.26. The summed E-state index contributed by atoms with van der Waals surface area (Å²) in [5.41, 5.74) is 4.91. The first kappa shape index (κ1) is 14.8. The number of pyridine rings is 1. The van der Waals surface area contributed by atoms with Gasteiger partial charge in [0.1, 0.15) is 17.0 Å². The summed E-state index contributed by atoms with van der Waals surface area (Å²) in [4.78, 5) is 9.25. The molecular weight excluding hydrogens is 301 g/mol. The number of anilines is 1. The molecule has 2 heterocycles. The van der Waals surface area contributed by atoms with Crippen LogP contribution in [0.4, 0.5) is 10.1 Å². The van der Waals surface area contributed by atoms with Crippen molar-refractivity contribution in [3.8, 4) is 0 Å². The van der Waals surface area contributed by atoms with Crippen molar-refractivity contribution in [3.63, 3.8) is 0 Å². The van der Waals surface area contributed by atoms with Gasteiger partial charge in [0, 0.05) is 28.4 Å². The quantitative estimate of drug-likeness (QED) is 0.707. The molecule has 0 bridgehead atoms. The fraction of sp³-hybridized carbons (Fsp3) is 0.200. The summed E-state index contributed by atoms with van der Waals surface area (Å²) in [5.74, 6) is -0.296. The van der Waals surface area contributed by atoms with Crippen molar-refractivity contribution in [2.24, 2.45) is 4.99 Å². The molecule has 120 valence electrons. The number of aromatic nitrogens is 1. The molecule has 1 aliphatic rings. The zero-order valence-corrected chi connectivity index (χ0v) is 13.9. The van der Waals surface area contributed by atoms with Crippen LogP contribution in [0.3, 0.4) is 0 Å². The highest BCUT2D eigenvalue weighted by molar-refractivity contribution is 6.18. The first-order valence-electron chi connectivity index (χ1n) is 7.98. The van der Waals surface area contributed by atoms with Crippen LogP contribution >= 0.6 is 0 Å². The normalized spacial score (nSPS) is 15.6. The summed E-state index contributed by atoms with van der Waals surface area (Å²) in [5, 5.41) is 4.26. The van der Waals surface area contributed by atoms with E-state index < -0.39 is 5.66 Å². The van der Waals surface area contributed by atoms with Gasteiger partial charge in [-0.05, 0) is 38.5 Å². The van der Waals surface area contributed by atoms with Gasteiger partial charge in [-0.2, -0.15) is 0 Å². The summed E-state index contributed by atoms with van der Waals surface area (Å²) >= 11 is 0. The molecule has 0 aliphatic carbocycles. The lowest BCUT2D eigenvalue weighted by molar-refractivity contribution is 0.597. The Labute approximate surface area is 140 Å². The zero-order valence-electron chi connectivity index (χ0n) is 13.9. The van der Waals surface area contributed by atoms with E-state index in [1.165, 1.54) is 6.07 Å². The Hall–Kier alpha value is -2.75. The molecule has 0 unspecified atom stereocenters. The Balaban J connectivity index is 2.00. The van der Waals surface area contributed by atoms with E-state index in [4.69, 9.17) is 4.99 Å². The van der Waals surface area contributed by atoms with Gasteiger partial charge in [0.2, 0.25) is 0 Å². The molecule has 0 saturated heterocycles. The molecule has 1 aromatic heterocycles. The Bertz CT molecular complexity index is 989. The van der Waals surface area contributed by atoms with Gasteiger partial charge in [0.25, 0.3) is 0 Å². The number of aryl methyl sites for hydroxylation is 1. The van der Waals surface area contributed by atoms with E-state index in [2.05, 4.69) is 16.4 Å². The number of aliphatic imine (C=N–C) groups is 1. The Morgan fingerprint density at radius 3 is 2.62 bits per heavy atom. The number of halogens is 1. The molecule has 2 aromatic carbocycles. The van der Waals surface area contributed by atoms with Gasteiger partial charge in [-0.1, -0.05) is 30.3 Å². The summed E-state index contributed by atoms with van der Waals surface area (Å²) in [6.07, 6.45) is 1.73. The molecule has 0 spiro atoms. The third-order valence-corrected chi connectivity index (χ3v) is 4.39. The first-order chi connectivity index (χ1) is 11.5. The summed E-state index contributed by atoms with van der Waals surface area (Å²) in [6, 6.07) is 13.2.